The molecule has 0 saturated heterocycles. The van der Waals surface area contributed by atoms with E-state index in [2.05, 4.69) is 36.4 Å². The van der Waals surface area contributed by atoms with E-state index >= 15 is 0 Å². The van der Waals surface area contributed by atoms with E-state index in [-0.39, 0.29) is 6.61 Å². The minimum atomic E-state index is 0.250. The first-order valence-electron chi connectivity index (χ1n) is 5.76. The zero-order chi connectivity index (χ0) is 12.3. The molecule has 0 aromatic heterocycles. The van der Waals surface area contributed by atoms with E-state index in [4.69, 9.17) is 5.11 Å². The molecule has 1 heteroatoms. The molecule has 1 nitrogen and oxygen atoms in total. The molecule has 0 aliphatic rings. The standard InChI is InChI=1S/C14H12.C2H6O/c1-3-7-13(8-4-1)11-12-14-9-5-2-6-10-14;1-2-3/h1-12H;3H,2H2,1H3. The van der Waals surface area contributed by atoms with Gasteiger partial charge in [-0.2, -0.15) is 0 Å². The molecule has 0 bridgehead atoms. The minimum Gasteiger partial charge on any atom is -0.397 e. The number of hydrogen-bond donors (Lipinski definition) is 1. The third-order valence-corrected chi connectivity index (χ3v) is 2.07. The Morgan fingerprint density at radius 3 is 1.35 bits per heavy atom. The molecule has 2 aromatic rings. The van der Waals surface area contributed by atoms with E-state index in [1.165, 1.54) is 11.1 Å². The van der Waals surface area contributed by atoms with Gasteiger partial charge in [-0.15, -0.1) is 0 Å². The number of rotatable bonds is 2. The predicted octanol–water partition coefficient (Wildman–Crippen LogP) is 3.86. The maximum atomic E-state index is 7.57. The van der Waals surface area contributed by atoms with Gasteiger partial charge in [-0.3, -0.25) is 0 Å². The topological polar surface area (TPSA) is 20.2 Å². The molecule has 0 atom stereocenters. The SMILES string of the molecule is C(=Cc1ccccc1)c1ccccc1.CCO. The summed E-state index contributed by atoms with van der Waals surface area (Å²) >= 11 is 0. The van der Waals surface area contributed by atoms with Crippen LogP contribution in [0, 0.1) is 0 Å². The average Bonchev–Trinajstić information content (AvgIpc) is 2.40. The van der Waals surface area contributed by atoms with Crippen molar-refractivity contribution in [1.82, 2.24) is 0 Å². The van der Waals surface area contributed by atoms with Crippen molar-refractivity contribution in [3.63, 3.8) is 0 Å². The van der Waals surface area contributed by atoms with Gasteiger partial charge in [-0.05, 0) is 18.1 Å². The van der Waals surface area contributed by atoms with Gasteiger partial charge in [-0.1, -0.05) is 72.8 Å². The van der Waals surface area contributed by atoms with Gasteiger partial charge in [0.05, 0.1) is 0 Å². The number of aliphatic hydroxyl groups excluding tert-OH is 1. The lowest BCUT2D eigenvalue weighted by atomic mass is 10.1. The second-order valence-electron chi connectivity index (χ2n) is 3.47. The van der Waals surface area contributed by atoms with Crippen LogP contribution < -0.4 is 0 Å². The van der Waals surface area contributed by atoms with Crippen molar-refractivity contribution in [3.8, 4) is 0 Å². The second kappa shape index (κ2) is 8.31. The Balaban J connectivity index is 0.000000437. The van der Waals surface area contributed by atoms with E-state index in [0.717, 1.165) is 0 Å². The highest BCUT2D eigenvalue weighted by molar-refractivity contribution is 5.69. The first-order chi connectivity index (χ1) is 8.36. The van der Waals surface area contributed by atoms with Gasteiger partial charge in [0.2, 0.25) is 0 Å². The molecule has 0 radical (unpaired) electrons. The fourth-order valence-corrected chi connectivity index (χ4v) is 1.32. The lowest BCUT2D eigenvalue weighted by Crippen LogP contribution is -1.70. The van der Waals surface area contributed by atoms with E-state index in [9.17, 15) is 0 Å². The van der Waals surface area contributed by atoms with Crippen molar-refractivity contribution >= 4 is 12.2 Å². The maximum Gasteiger partial charge on any atom is 0.0402 e. The number of hydrogen-bond acceptors (Lipinski definition) is 1. The molecule has 0 amide bonds. The van der Waals surface area contributed by atoms with E-state index < -0.39 is 0 Å². The quantitative estimate of drug-likeness (QED) is 0.771. The fraction of sp³-hybridized carbons (Fsp3) is 0.125. The summed E-state index contributed by atoms with van der Waals surface area (Å²) in [6, 6.07) is 20.6. The van der Waals surface area contributed by atoms with Gasteiger partial charge in [-0.25, -0.2) is 0 Å². The van der Waals surface area contributed by atoms with E-state index in [1.54, 1.807) is 6.92 Å². The number of aliphatic hydroxyl groups is 1. The molecule has 17 heavy (non-hydrogen) atoms. The monoisotopic (exact) mass is 226 g/mol. The van der Waals surface area contributed by atoms with Crippen LogP contribution in [-0.2, 0) is 0 Å². The maximum absolute atomic E-state index is 7.57. The van der Waals surface area contributed by atoms with Crippen molar-refractivity contribution in [2.45, 2.75) is 6.92 Å². The van der Waals surface area contributed by atoms with Crippen molar-refractivity contribution in [2.75, 3.05) is 6.61 Å². The Kier molecular flexibility index (Phi) is 6.46. The second-order valence-corrected chi connectivity index (χ2v) is 3.47. The Morgan fingerprint density at radius 1 is 0.765 bits per heavy atom. The van der Waals surface area contributed by atoms with Crippen LogP contribution in [0.3, 0.4) is 0 Å². The molecule has 88 valence electrons. The Labute approximate surface area is 103 Å². The highest BCUT2D eigenvalue weighted by atomic mass is 16.2. The largest absolute Gasteiger partial charge is 0.397 e. The van der Waals surface area contributed by atoms with Gasteiger partial charge in [0.25, 0.3) is 0 Å². The summed E-state index contributed by atoms with van der Waals surface area (Å²) in [6.07, 6.45) is 4.24. The molecule has 0 aliphatic heterocycles. The van der Waals surface area contributed by atoms with Crippen LogP contribution in [0.2, 0.25) is 0 Å². The summed E-state index contributed by atoms with van der Waals surface area (Å²) in [4.78, 5) is 0. The lowest BCUT2D eigenvalue weighted by molar-refractivity contribution is 0.318. The van der Waals surface area contributed by atoms with E-state index in [1.807, 2.05) is 36.4 Å². The summed E-state index contributed by atoms with van der Waals surface area (Å²) in [5.74, 6) is 0. The zero-order valence-corrected chi connectivity index (χ0v) is 10.1. The molecule has 0 fully saturated rings. The van der Waals surface area contributed by atoms with Crippen molar-refractivity contribution in [2.24, 2.45) is 0 Å². The average molecular weight is 226 g/mol. The fourth-order valence-electron chi connectivity index (χ4n) is 1.32. The van der Waals surface area contributed by atoms with Crippen molar-refractivity contribution < 1.29 is 5.11 Å². The van der Waals surface area contributed by atoms with Gasteiger partial charge in [0, 0.05) is 6.61 Å². The zero-order valence-electron chi connectivity index (χ0n) is 10.1. The molecule has 1 N–H and O–H groups in total. The Morgan fingerprint density at radius 2 is 1.06 bits per heavy atom. The summed E-state index contributed by atoms with van der Waals surface area (Å²) in [5, 5.41) is 7.57. The van der Waals surface area contributed by atoms with Crippen LogP contribution in [-0.4, -0.2) is 11.7 Å². The third kappa shape index (κ3) is 5.69. The van der Waals surface area contributed by atoms with Crippen LogP contribution >= 0.6 is 0 Å². The highest BCUT2D eigenvalue weighted by Crippen LogP contribution is 2.06. The Hall–Kier alpha value is -1.86. The van der Waals surface area contributed by atoms with E-state index in [0.29, 0.717) is 0 Å². The summed E-state index contributed by atoms with van der Waals surface area (Å²) in [6.45, 7) is 1.93. The summed E-state index contributed by atoms with van der Waals surface area (Å²) < 4.78 is 0. The summed E-state index contributed by atoms with van der Waals surface area (Å²) in [5.41, 5.74) is 2.47. The van der Waals surface area contributed by atoms with Gasteiger partial charge in [0.15, 0.2) is 0 Å². The molecule has 2 aromatic carbocycles. The van der Waals surface area contributed by atoms with Crippen LogP contribution in [0.5, 0.6) is 0 Å². The molecule has 0 unspecified atom stereocenters. The molecule has 0 aliphatic carbocycles. The molecule has 0 saturated carbocycles. The normalized spacial score (nSPS) is 9.76. The van der Waals surface area contributed by atoms with Gasteiger partial charge in [0.1, 0.15) is 0 Å². The van der Waals surface area contributed by atoms with Crippen molar-refractivity contribution in [3.05, 3.63) is 71.8 Å². The lowest BCUT2D eigenvalue weighted by Gasteiger charge is -1.92. The molecule has 0 heterocycles. The summed E-state index contributed by atoms with van der Waals surface area (Å²) in [7, 11) is 0. The van der Waals surface area contributed by atoms with Gasteiger partial charge < -0.3 is 5.11 Å². The minimum absolute atomic E-state index is 0.250. The predicted molar refractivity (Wildman–Crippen MR) is 74.6 cm³/mol. The molecular weight excluding hydrogens is 208 g/mol. The smallest absolute Gasteiger partial charge is 0.0402 e. The molecule has 0 spiro atoms. The van der Waals surface area contributed by atoms with Crippen LogP contribution in [0.15, 0.2) is 60.7 Å². The molecule has 2 rings (SSSR count). The van der Waals surface area contributed by atoms with Crippen LogP contribution in [0.25, 0.3) is 12.2 Å². The van der Waals surface area contributed by atoms with Crippen molar-refractivity contribution in [1.29, 1.82) is 0 Å². The first-order valence-corrected chi connectivity index (χ1v) is 5.76. The first kappa shape index (κ1) is 13.2. The third-order valence-electron chi connectivity index (χ3n) is 2.07. The number of benzene rings is 2. The van der Waals surface area contributed by atoms with Crippen LogP contribution in [0.1, 0.15) is 18.1 Å². The van der Waals surface area contributed by atoms with Gasteiger partial charge >= 0.3 is 0 Å². The highest BCUT2D eigenvalue weighted by Gasteiger charge is 1.84. The molecular formula is C16H18O. The van der Waals surface area contributed by atoms with Crippen LogP contribution in [0.4, 0.5) is 0 Å². The Bertz CT molecular complexity index is 376.